The van der Waals surface area contributed by atoms with E-state index in [1.807, 2.05) is 10.9 Å². The molecular weight excluding hydrogens is 176 g/mol. The van der Waals surface area contributed by atoms with Gasteiger partial charge in [0.1, 0.15) is 5.69 Å². The standard InChI is InChI=1S/C11H18N2O/c1-2-3-4-5-6-8-13-9-7-11(10-14)12-13/h7,9-10H,2-6,8H2,1H3. The average Bonchev–Trinajstić information content (AvgIpc) is 2.65. The van der Waals surface area contributed by atoms with Crippen molar-refractivity contribution in [3.8, 4) is 0 Å². The highest BCUT2D eigenvalue weighted by Gasteiger charge is 1.96. The summed E-state index contributed by atoms with van der Waals surface area (Å²) in [6, 6.07) is 1.75. The third-order valence-electron chi connectivity index (χ3n) is 2.27. The van der Waals surface area contributed by atoms with Gasteiger partial charge >= 0.3 is 0 Å². The third-order valence-corrected chi connectivity index (χ3v) is 2.27. The van der Waals surface area contributed by atoms with Gasteiger partial charge in [0.15, 0.2) is 6.29 Å². The maximum absolute atomic E-state index is 10.4. The minimum atomic E-state index is 0.526. The Hall–Kier alpha value is -1.12. The highest BCUT2D eigenvalue weighted by molar-refractivity contribution is 5.71. The molecule has 0 spiro atoms. The van der Waals surface area contributed by atoms with Crippen LogP contribution in [-0.4, -0.2) is 16.1 Å². The molecule has 1 heterocycles. The molecule has 0 saturated heterocycles. The van der Waals surface area contributed by atoms with Crippen molar-refractivity contribution in [3.05, 3.63) is 18.0 Å². The zero-order chi connectivity index (χ0) is 10.2. The molecule has 0 aliphatic carbocycles. The second-order valence-corrected chi connectivity index (χ2v) is 3.54. The van der Waals surface area contributed by atoms with Crippen molar-refractivity contribution >= 4 is 6.29 Å². The van der Waals surface area contributed by atoms with Crippen LogP contribution in [0.5, 0.6) is 0 Å². The van der Waals surface area contributed by atoms with Crippen molar-refractivity contribution in [3.63, 3.8) is 0 Å². The Balaban J connectivity index is 2.14. The number of nitrogens with zero attached hydrogens (tertiary/aromatic N) is 2. The van der Waals surface area contributed by atoms with Crippen molar-refractivity contribution in [2.24, 2.45) is 0 Å². The van der Waals surface area contributed by atoms with Gasteiger partial charge in [0, 0.05) is 12.7 Å². The highest BCUT2D eigenvalue weighted by atomic mass is 16.1. The van der Waals surface area contributed by atoms with Crippen LogP contribution in [0.3, 0.4) is 0 Å². The lowest BCUT2D eigenvalue weighted by atomic mass is 10.1. The molecule has 0 atom stereocenters. The summed E-state index contributed by atoms with van der Waals surface area (Å²) in [5, 5.41) is 4.10. The van der Waals surface area contributed by atoms with Gasteiger partial charge in [-0.1, -0.05) is 32.6 Å². The second-order valence-electron chi connectivity index (χ2n) is 3.54. The summed E-state index contributed by atoms with van der Waals surface area (Å²) in [7, 11) is 0. The van der Waals surface area contributed by atoms with E-state index in [2.05, 4.69) is 12.0 Å². The summed E-state index contributed by atoms with van der Waals surface area (Å²) in [6.07, 6.45) is 8.95. The van der Waals surface area contributed by atoms with Crippen LogP contribution in [0.1, 0.15) is 49.5 Å². The Labute approximate surface area is 85.1 Å². The molecule has 1 aromatic heterocycles. The van der Waals surface area contributed by atoms with Crippen molar-refractivity contribution in [1.82, 2.24) is 9.78 Å². The zero-order valence-electron chi connectivity index (χ0n) is 8.78. The van der Waals surface area contributed by atoms with Crippen molar-refractivity contribution in [2.75, 3.05) is 0 Å². The Kier molecular flexibility index (Phi) is 4.97. The monoisotopic (exact) mass is 194 g/mol. The predicted molar refractivity (Wildman–Crippen MR) is 56.4 cm³/mol. The fourth-order valence-electron chi connectivity index (χ4n) is 1.44. The molecule has 0 N–H and O–H groups in total. The lowest BCUT2D eigenvalue weighted by Gasteiger charge is -2.00. The summed E-state index contributed by atoms with van der Waals surface area (Å²) in [5.41, 5.74) is 0.526. The molecule has 3 heteroatoms. The molecule has 0 amide bonds. The minimum Gasteiger partial charge on any atom is -0.296 e. The van der Waals surface area contributed by atoms with E-state index in [1.54, 1.807) is 6.07 Å². The molecule has 0 aliphatic rings. The van der Waals surface area contributed by atoms with E-state index in [4.69, 9.17) is 0 Å². The van der Waals surface area contributed by atoms with E-state index in [0.717, 1.165) is 19.3 Å². The van der Waals surface area contributed by atoms with Gasteiger partial charge in [-0.05, 0) is 12.5 Å². The molecule has 0 bridgehead atoms. The molecule has 0 unspecified atom stereocenters. The number of unbranched alkanes of at least 4 members (excludes halogenated alkanes) is 4. The topological polar surface area (TPSA) is 34.9 Å². The van der Waals surface area contributed by atoms with E-state index >= 15 is 0 Å². The Morgan fingerprint density at radius 2 is 2.14 bits per heavy atom. The fourth-order valence-corrected chi connectivity index (χ4v) is 1.44. The third kappa shape index (κ3) is 3.73. The smallest absolute Gasteiger partial charge is 0.170 e. The Bertz CT molecular complexity index is 268. The van der Waals surface area contributed by atoms with Crippen LogP contribution in [0.15, 0.2) is 12.3 Å². The van der Waals surface area contributed by atoms with Crippen LogP contribution in [0.25, 0.3) is 0 Å². The number of aromatic nitrogens is 2. The molecule has 0 radical (unpaired) electrons. The summed E-state index contributed by atoms with van der Waals surface area (Å²) in [4.78, 5) is 10.4. The summed E-state index contributed by atoms with van der Waals surface area (Å²) >= 11 is 0. The lowest BCUT2D eigenvalue weighted by molar-refractivity contribution is 0.111. The molecule has 0 fully saturated rings. The fraction of sp³-hybridized carbons (Fsp3) is 0.636. The quantitative estimate of drug-likeness (QED) is 0.494. The van der Waals surface area contributed by atoms with Crippen LogP contribution in [0, 0.1) is 0 Å². The number of hydrogen-bond donors (Lipinski definition) is 0. The molecule has 14 heavy (non-hydrogen) atoms. The van der Waals surface area contributed by atoms with E-state index in [1.165, 1.54) is 25.7 Å². The predicted octanol–water partition coefficient (Wildman–Crippen LogP) is 2.67. The van der Waals surface area contributed by atoms with Gasteiger partial charge in [0.05, 0.1) is 0 Å². The van der Waals surface area contributed by atoms with E-state index in [9.17, 15) is 4.79 Å². The minimum absolute atomic E-state index is 0.526. The lowest BCUT2D eigenvalue weighted by Crippen LogP contribution is -1.99. The maximum atomic E-state index is 10.4. The number of rotatable bonds is 7. The number of carbonyl (C=O) groups excluding carboxylic acids is 1. The van der Waals surface area contributed by atoms with Crippen LogP contribution < -0.4 is 0 Å². The summed E-state index contributed by atoms with van der Waals surface area (Å²) in [6.45, 7) is 3.14. The number of aryl methyl sites for hydroxylation is 1. The molecule has 0 saturated carbocycles. The van der Waals surface area contributed by atoms with E-state index in [-0.39, 0.29) is 0 Å². The van der Waals surface area contributed by atoms with Crippen molar-refractivity contribution < 1.29 is 4.79 Å². The molecule has 1 aromatic rings. The molecule has 78 valence electrons. The maximum Gasteiger partial charge on any atom is 0.170 e. The van der Waals surface area contributed by atoms with Crippen LogP contribution >= 0.6 is 0 Å². The first-order chi connectivity index (χ1) is 6.86. The largest absolute Gasteiger partial charge is 0.296 e. The second kappa shape index (κ2) is 6.35. The number of aldehydes is 1. The first kappa shape index (κ1) is 11.0. The van der Waals surface area contributed by atoms with Gasteiger partial charge in [-0.25, -0.2) is 0 Å². The first-order valence-corrected chi connectivity index (χ1v) is 5.35. The van der Waals surface area contributed by atoms with Gasteiger partial charge in [0.2, 0.25) is 0 Å². The Morgan fingerprint density at radius 1 is 1.36 bits per heavy atom. The normalized spacial score (nSPS) is 10.4. The van der Waals surface area contributed by atoms with E-state index < -0.39 is 0 Å². The van der Waals surface area contributed by atoms with Crippen LogP contribution in [-0.2, 0) is 6.54 Å². The van der Waals surface area contributed by atoms with Gasteiger partial charge in [-0.15, -0.1) is 0 Å². The highest BCUT2D eigenvalue weighted by Crippen LogP contribution is 2.04. The SMILES string of the molecule is CCCCCCCn1ccc(C=O)n1. The first-order valence-electron chi connectivity index (χ1n) is 5.35. The van der Waals surface area contributed by atoms with Crippen molar-refractivity contribution in [1.29, 1.82) is 0 Å². The zero-order valence-corrected chi connectivity index (χ0v) is 8.78. The molecule has 3 nitrogen and oxygen atoms in total. The van der Waals surface area contributed by atoms with Gasteiger partial charge in [-0.3, -0.25) is 9.48 Å². The molecule has 0 aromatic carbocycles. The average molecular weight is 194 g/mol. The summed E-state index contributed by atoms with van der Waals surface area (Å²) < 4.78 is 1.84. The number of hydrogen-bond acceptors (Lipinski definition) is 2. The van der Waals surface area contributed by atoms with Gasteiger partial charge < -0.3 is 0 Å². The van der Waals surface area contributed by atoms with Gasteiger partial charge in [-0.2, -0.15) is 5.10 Å². The molecule has 1 rings (SSSR count). The van der Waals surface area contributed by atoms with Crippen molar-refractivity contribution in [2.45, 2.75) is 45.6 Å². The number of carbonyl (C=O) groups is 1. The van der Waals surface area contributed by atoms with Crippen LogP contribution in [0.2, 0.25) is 0 Å². The molecule has 0 aliphatic heterocycles. The van der Waals surface area contributed by atoms with Gasteiger partial charge in [0.25, 0.3) is 0 Å². The van der Waals surface area contributed by atoms with E-state index in [0.29, 0.717) is 5.69 Å². The Morgan fingerprint density at radius 3 is 2.79 bits per heavy atom. The van der Waals surface area contributed by atoms with Crippen LogP contribution in [0.4, 0.5) is 0 Å². The summed E-state index contributed by atoms with van der Waals surface area (Å²) in [5.74, 6) is 0. The molecular formula is C11H18N2O.